The van der Waals surface area contributed by atoms with E-state index in [1.54, 1.807) is 0 Å². The fourth-order valence-electron chi connectivity index (χ4n) is 5.46. The summed E-state index contributed by atoms with van der Waals surface area (Å²) in [5, 5.41) is 12.1. The van der Waals surface area contributed by atoms with E-state index in [2.05, 4.69) is 98.4 Å². The van der Waals surface area contributed by atoms with E-state index in [4.69, 9.17) is 9.97 Å². The molecule has 2 aromatic heterocycles. The van der Waals surface area contributed by atoms with E-state index < -0.39 is 0 Å². The molecule has 2 N–H and O–H groups in total. The van der Waals surface area contributed by atoms with Crippen LogP contribution in [0.15, 0.2) is 36.4 Å². The topological polar surface area (TPSA) is 56.3 Å². The van der Waals surface area contributed by atoms with Crippen LogP contribution in [0, 0.1) is 13.8 Å². The lowest BCUT2D eigenvalue weighted by Crippen LogP contribution is -2.25. The van der Waals surface area contributed by atoms with Gasteiger partial charge in [-0.25, -0.2) is 0 Å². The van der Waals surface area contributed by atoms with Crippen molar-refractivity contribution in [2.24, 2.45) is 0 Å². The van der Waals surface area contributed by atoms with Gasteiger partial charge in [0.15, 0.2) is 0 Å². The Kier molecular flexibility index (Phi) is 11.6. The van der Waals surface area contributed by atoms with E-state index in [9.17, 15) is 0 Å². The molecular formula is C32H47ClN6. The van der Waals surface area contributed by atoms with Crippen LogP contribution < -0.4 is 10.6 Å². The largest absolute Gasteiger partial charge is 0.384 e. The molecule has 0 saturated carbocycles. The molecule has 0 amide bonds. The Morgan fingerprint density at radius 3 is 1.31 bits per heavy atom. The van der Waals surface area contributed by atoms with Gasteiger partial charge in [-0.2, -0.15) is 0 Å². The van der Waals surface area contributed by atoms with Crippen LogP contribution in [-0.2, 0) is 0 Å². The zero-order valence-corrected chi connectivity index (χ0v) is 25.5. The van der Waals surface area contributed by atoms with E-state index in [0.29, 0.717) is 0 Å². The third-order valence-electron chi connectivity index (χ3n) is 7.73. The molecule has 212 valence electrons. The first kappa shape index (κ1) is 30.9. The summed E-state index contributed by atoms with van der Waals surface area (Å²) in [6, 6.07) is 13.3. The Morgan fingerprint density at radius 1 is 0.590 bits per heavy atom. The van der Waals surface area contributed by atoms with Crippen molar-refractivity contribution in [3.8, 4) is 0 Å². The average Bonchev–Trinajstić information content (AvgIpc) is 2.92. The molecular weight excluding hydrogens is 504 g/mol. The molecule has 6 nitrogen and oxygen atoms in total. The lowest BCUT2D eigenvalue weighted by atomic mass is 10.0. The number of aromatic nitrogens is 2. The predicted octanol–water partition coefficient (Wildman–Crippen LogP) is 7.26. The highest BCUT2D eigenvalue weighted by Gasteiger charge is 2.13. The van der Waals surface area contributed by atoms with E-state index in [1.165, 1.54) is 22.1 Å². The number of aryl methyl sites for hydroxylation is 2. The smallest absolute Gasteiger partial charge is 0.0805 e. The van der Waals surface area contributed by atoms with E-state index in [1.807, 2.05) is 0 Å². The Balaban J connectivity index is 0.00000420. The molecule has 39 heavy (non-hydrogen) atoms. The predicted molar refractivity (Wildman–Crippen MR) is 173 cm³/mol. The van der Waals surface area contributed by atoms with Crippen LogP contribution in [0.4, 0.5) is 11.4 Å². The first-order valence-corrected chi connectivity index (χ1v) is 14.6. The van der Waals surface area contributed by atoms with Crippen molar-refractivity contribution in [2.45, 2.75) is 54.4 Å². The molecule has 4 aromatic rings. The molecule has 0 aliphatic heterocycles. The van der Waals surface area contributed by atoms with Crippen LogP contribution >= 0.6 is 12.4 Å². The van der Waals surface area contributed by atoms with Crippen LogP contribution in [0.2, 0.25) is 0 Å². The van der Waals surface area contributed by atoms with Gasteiger partial charge in [-0.05, 0) is 78.1 Å². The maximum atomic E-state index is 5.00. The number of nitrogens with zero attached hydrogens (tertiary/aromatic N) is 4. The van der Waals surface area contributed by atoms with Crippen molar-refractivity contribution in [2.75, 3.05) is 63.0 Å². The third kappa shape index (κ3) is 7.30. The molecule has 2 aromatic carbocycles. The highest BCUT2D eigenvalue weighted by Crippen LogP contribution is 2.35. The quantitative estimate of drug-likeness (QED) is 0.127. The average molecular weight is 551 g/mol. The molecule has 0 atom stereocenters. The SMILES string of the molecule is CCN(CC)CCCNc1cc(C)nc2c1ccc1c2ccc2c(NCCCN(CC)CC)cc(C)nc21.Cl. The van der Waals surface area contributed by atoms with Gasteiger partial charge in [0.2, 0.25) is 0 Å². The lowest BCUT2D eigenvalue weighted by molar-refractivity contribution is 0.303. The zero-order chi connectivity index (χ0) is 27.1. The van der Waals surface area contributed by atoms with Crippen molar-refractivity contribution >= 4 is 56.4 Å². The van der Waals surface area contributed by atoms with Crippen LogP contribution in [-0.4, -0.2) is 72.1 Å². The molecule has 0 bridgehead atoms. The van der Waals surface area contributed by atoms with Gasteiger partial charge in [-0.15, -0.1) is 12.4 Å². The minimum absolute atomic E-state index is 0. The van der Waals surface area contributed by atoms with Gasteiger partial charge in [0.25, 0.3) is 0 Å². The summed E-state index contributed by atoms with van der Waals surface area (Å²) >= 11 is 0. The second kappa shape index (κ2) is 14.6. The van der Waals surface area contributed by atoms with Gasteiger partial charge in [-0.1, -0.05) is 52.0 Å². The van der Waals surface area contributed by atoms with Crippen LogP contribution in [0.5, 0.6) is 0 Å². The third-order valence-corrected chi connectivity index (χ3v) is 7.73. The van der Waals surface area contributed by atoms with Crippen molar-refractivity contribution in [3.63, 3.8) is 0 Å². The Morgan fingerprint density at radius 2 is 0.949 bits per heavy atom. The molecule has 0 fully saturated rings. The van der Waals surface area contributed by atoms with Gasteiger partial charge in [-0.3, -0.25) is 9.97 Å². The second-order valence-electron chi connectivity index (χ2n) is 10.3. The van der Waals surface area contributed by atoms with Gasteiger partial charge in [0.1, 0.15) is 0 Å². The normalized spacial score (nSPS) is 11.6. The Hall–Kier alpha value is -2.67. The molecule has 0 unspecified atom stereocenters. The number of halogens is 1. The fraction of sp³-hybridized carbons (Fsp3) is 0.500. The number of anilines is 2. The maximum absolute atomic E-state index is 5.00. The first-order valence-electron chi connectivity index (χ1n) is 14.6. The summed E-state index contributed by atoms with van der Waals surface area (Å²) in [7, 11) is 0. The minimum Gasteiger partial charge on any atom is -0.384 e. The molecule has 7 heteroatoms. The van der Waals surface area contributed by atoms with E-state index in [0.717, 1.165) is 98.4 Å². The molecule has 0 radical (unpaired) electrons. The van der Waals surface area contributed by atoms with E-state index >= 15 is 0 Å². The monoisotopic (exact) mass is 550 g/mol. The van der Waals surface area contributed by atoms with Crippen LogP contribution in [0.25, 0.3) is 32.6 Å². The van der Waals surface area contributed by atoms with Gasteiger partial charge in [0.05, 0.1) is 11.0 Å². The summed E-state index contributed by atoms with van der Waals surface area (Å²) in [5.41, 5.74) is 6.50. The molecule has 0 saturated heterocycles. The number of benzene rings is 2. The first-order chi connectivity index (χ1) is 18.5. The number of pyridine rings is 2. The summed E-state index contributed by atoms with van der Waals surface area (Å²) < 4.78 is 0. The summed E-state index contributed by atoms with van der Waals surface area (Å²) in [6.07, 6.45) is 2.24. The van der Waals surface area contributed by atoms with Gasteiger partial charge >= 0.3 is 0 Å². The molecule has 4 rings (SSSR count). The van der Waals surface area contributed by atoms with Gasteiger partial charge < -0.3 is 20.4 Å². The van der Waals surface area contributed by atoms with Crippen molar-refractivity contribution in [1.29, 1.82) is 0 Å². The van der Waals surface area contributed by atoms with Crippen molar-refractivity contribution < 1.29 is 0 Å². The number of hydrogen-bond donors (Lipinski definition) is 2. The molecule has 0 aliphatic carbocycles. The molecule has 2 heterocycles. The molecule has 0 aliphatic rings. The highest BCUT2D eigenvalue weighted by atomic mass is 35.5. The van der Waals surface area contributed by atoms with Crippen LogP contribution in [0.1, 0.15) is 51.9 Å². The van der Waals surface area contributed by atoms with E-state index in [-0.39, 0.29) is 12.4 Å². The second-order valence-corrected chi connectivity index (χ2v) is 10.3. The number of nitrogens with one attached hydrogen (secondary N) is 2. The van der Waals surface area contributed by atoms with Gasteiger partial charge in [0, 0.05) is 57.4 Å². The highest BCUT2D eigenvalue weighted by molar-refractivity contribution is 6.18. The summed E-state index contributed by atoms with van der Waals surface area (Å²) in [5.74, 6) is 0. The Labute approximate surface area is 241 Å². The Bertz CT molecular complexity index is 1260. The summed E-state index contributed by atoms with van der Waals surface area (Å²) in [6.45, 7) is 21.7. The number of fused-ring (bicyclic) bond motifs is 5. The van der Waals surface area contributed by atoms with Crippen molar-refractivity contribution in [1.82, 2.24) is 19.8 Å². The van der Waals surface area contributed by atoms with Crippen molar-refractivity contribution in [3.05, 3.63) is 47.8 Å². The number of rotatable bonds is 14. The maximum Gasteiger partial charge on any atom is 0.0805 e. The number of hydrogen-bond acceptors (Lipinski definition) is 6. The summed E-state index contributed by atoms with van der Waals surface area (Å²) in [4.78, 5) is 14.9. The molecule has 0 spiro atoms. The zero-order valence-electron chi connectivity index (χ0n) is 24.7. The van der Waals surface area contributed by atoms with Crippen LogP contribution in [0.3, 0.4) is 0 Å². The fourth-order valence-corrected chi connectivity index (χ4v) is 5.46. The standard InChI is InChI=1S/C32H46N6.ClH/c1-7-37(8-2)19-11-17-33-29-21-23(5)35-31-25-14-16-28-30(34-18-12-20-38(9-3)10-4)22-24(6)36-32(28)26(25)13-15-27(29)31;/h13-16,21-22H,7-12,17-20H2,1-6H3,(H,33,35)(H,34,36);1H. The lowest BCUT2D eigenvalue weighted by Gasteiger charge is -2.19. The minimum atomic E-state index is 0.